The molecule has 8 heteroatoms. The Morgan fingerprint density at radius 3 is 2.96 bits per heavy atom. The number of aromatic nitrogens is 2. The lowest BCUT2D eigenvalue weighted by Crippen LogP contribution is -2.56. The van der Waals surface area contributed by atoms with Crippen LogP contribution >= 0.6 is 11.5 Å². The van der Waals surface area contributed by atoms with Crippen LogP contribution in [0, 0.1) is 0 Å². The van der Waals surface area contributed by atoms with Crippen LogP contribution in [0.1, 0.15) is 13.8 Å². The van der Waals surface area contributed by atoms with Crippen molar-refractivity contribution in [3.05, 3.63) is 36.5 Å². The molecule has 2 aromatic rings. The van der Waals surface area contributed by atoms with Gasteiger partial charge in [0.2, 0.25) is 0 Å². The van der Waals surface area contributed by atoms with Gasteiger partial charge in [-0.3, -0.25) is 5.32 Å². The van der Waals surface area contributed by atoms with E-state index in [1.54, 1.807) is 4.90 Å². The zero-order chi connectivity index (χ0) is 17.0. The quantitative estimate of drug-likeness (QED) is 0.919. The molecule has 2 heterocycles. The predicted molar refractivity (Wildman–Crippen MR) is 91.4 cm³/mol. The lowest BCUT2D eigenvalue weighted by atomic mass is 10.1. The number of urea groups is 1. The van der Waals surface area contributed by atoms with E-state index >= 15 is 0 Å². The number of para-hydroxylation sites is 1. The predicted octanol–water partition coefficient (Wildman–Crippen LogP) is 2.63. The molecule has 1 aliphatic heterocycles. The van der Waals surface area contributed by atoms with Crippen LogP contribution in [0.15, 0.2) is 36.5 Å². The molecule has 3 rings (SSSR count). The van der Waals surface area contributed by atoms with Crippen LogP contribution in [-0.4, -0.2) is 51.9 Å². The van der Waals surface area contributed by atoms with Gasteiger partial charge in [0, 0.05) is 11.5 Å². The summed E-state index contributed by atoms with van der Waals surface area (Å²) in [6.45, 7) is 5.30. The number of hydrogen-bond acceptors (Lipinski definition) is 6. The summed E-state index contributed by atoms with van der Waals surface area (Å²) >= 11 is 1.15. The Labute approximate surface area is 144 Å². The Morgan fingerprint density at radius 1 is 1.46 bits per heavy atom. The summed E-state index contributed by atoms with van der Waals surface area (Å²) in [7, 11) is 0. The number of anilines is 1. The van der Waals surface area contributed by atoms with Crippen LogP contribution in [0.5, 0.6) is 5.75 Å². The van der Waals surface area contributed by atoms with Gasteiger partial charge < -0.3 is 14.4 Å². The van der Waals surface area contributed by atoms with E-state index in [0.29, 0.717) is 24.7 Å². The number of amides is 2. The third-order valence-electron chi connectivity index (χ3n) is 3.54. The van der Waals surface area contributed by atoms with E-state index in [-0.39, 0.29) is 12.1 Å². The number of nitrogens with zero attached hydrogens (tertiary/aromatic N) is 3. The highest BCUT2D eigenvalue weighted by Gasteiger charge is 2.36. The van der Waals surface area contributed by atoms with Crippen LogP contribution in [-0.2, 0) is 4.74 Å². The molecule has 0 aliphatic carbocycles. The van der Waals surface area contributed by atoms with Gasteiger partial charge in [0.1, 0.15) is 23.5 Å². The molecule has 0 radical (unpaired) electrons. The molecule has 0 unspecified atom stereocenters. The highest BCUT2D eigenvalue weighted by Crippen LogP contribution is 2.23. The lowest BCUT2D eigenvalue weighted by molar-refractivity contribution is -0.134. The van der Waals surface area contributed by atoms with Gasteiger partial charge in [0.15, 0.2) is 0 Å². The molecule has 1 aliphatic rings. The molecule has 2 amide bonds. The van der Waals surface area contributed by atoms with Crippen molar-refractivity contribution in [3.8, 4) is 5.75 Å². The maximum atomic E-state index is 12.4. The van der Waals surface area contributed by atoms with Crippen molar-refractivity contribution in [1.29, 1.82) is 0 Å². The van der Waals surface area contributed by atoms with Crippen molar-refractivity contribution in [2.75, 3.05) is 25.0 Å². The summed E-state index contributed by atoms with van der Waals surface area (Å²) in [6.07, 6.45) is 1.34. The van der Waals surface area contributed by atoms with Crippen molar-refractivity contribution in [3.63, 3.8) is 0 Å². The first kappa shape index (κ1) is 16.7. The second-order valence-electron chi connectivity index (χ2n) is 6.22. The minimum Gasteiger partial charge on any atom is -0.491 e. The van der Waals surface area contributed by atoms with E-state index < -0.39 is 5.60 Å². The number of carbonyl (C=O) groups is 1. The number of hydrogen-bond donors (Lipinski definition) is 1. The number of rotatable bonds is 4. The monoisotopic (exact) mass is 348 g/mol. The summed E-state index contributed by atoms with van der Waals surface area (Å²) in [5.41, 5.74) is -0.438. The van der Waals surface area contributed by atoms with Crippen LogP contribution in [0.3, 0.4) is 0 Å². The summed E-state index contributed by atoms with van der Waals surface area (Å²) in [4.78, 5) is 14.2. The molecule has 24 heavy (non-hydrogen) atoms. The molecule has 0 saturated carbocycles. The summed E-state index contributed by atoms with van der Waals surface area (Å²) in [6, 6.07) is 9.40. The smallest absolute Gasteiger partial charge is 0.322 e. The number of benzene rings is 1. The molecule has 0 spiro atoms. The molecule has 1 fully saturated rings. The summed E-state index contributed by atoms with van der Waals surface area (Å²) in [5, 5.41) is 7.15. The Bertz CT molecular complexity index is 663. The molecule has 1 aromatic carbocycles. The Balaban J connectivity index is 1.60. The topological polar surface area (TPSA) is 76.6 Å². The average molecular weight is 348 g/mol. The van der Waals surface area contributed by atoms with Crippen LogP contribution in [0.2, 0.25) is 0 Å². The Kier molecular flexibility index (Phi) is 4.96. The van der Waals surface area contributed by atoms with Gasteiger partial charge in [-0.05, 0) is 26.0 Å². The first-order valence-corrected chi connectivity index (χ1v) is 8.48. The van der Waals surface area contributed by atoms with Gasteiger partial charge in [-0.2, -0.15) is 0 Å². The van der Waals surface area contributed by atoms with Gasteiger partial charge in [-0.25, -0.2) is 4.79 Å². The van der Waals surface area contributed by atoms with Crippen molar-refractivity contribution in [2.24, 2.45) is 0 Å². The van der Waals surface area contributed by atoms with E-state index in [1.807, 2.05) is 44.2 Å². The van der Waals surface area contributed by atoms with Gasteiger partial charge in [-0.1, -0.05) is 22.7 Å². The van der Waals surface area contributed by atoms with Crippen LogP contribution in [0.25, 0.3) is 0 Å². The van der Waals surface area contributed by atoms with Gasteiger partial charge in [-0.15, -0.1) is 5.10 Å². The Hall–Kier alpha value is -2.19. The number of ether oxygens (including phenoxy) is 2. The highest BCUT2D eigenvalue weighted by atomic mass is 32.1. The number of nitrogens with one attached hydrogen (secondary N) is 1. The van der Waals surface area contributed by atoms with Crippen molar-refractivity contribution < 1.29 is 14.3 Å². The van der Waals surface area contributed by atoms with Gasteiger partial charge >= 0.3 is 6.03 Å². The third-order valence-corrected chi connectivity index (χ3v) is 4.12. The Morgan fingerprint density at radius 2 is 2.25 bits per heavy atom. The minimum atomic E-state index is -0.438. The number of morpholine rings is 1. The fourth-order valence-electron chi connectivity index (χ4n) is 2.65. The summed E-state index contributed by atoms with van der Waals surface area (Å²) < 4.78 is 15.6. The lowest BCUT2D eigenvalue weighted by Gasteiger charge is -2.42. The van der Waals surface area contributed by atoms with E-state index in [4.69, 9.17) is 9.47 Å². The first-order chi connectivity index (χ1) is 11.5. The average Bonchev–Trinajstić information content (AvgIpc) is 3.05. The maximum Gasteiger partial charge on any atom is 0.322 e. The van der Waals surface area contributed by atoms with Crippen molar-refractivity contribution in [1.82, 2.24) is 14.5 Å². The maximum absolute atomic E-state index is 12.4. The summed E-state index contributed by atoms with van der Waals surface area (Å²) in [5.74, 6) is 0.788. The van der Waals surface area contributed by atoms with Crippen molar-refractivity contribution >= 4 is 22.6 Å². The molecule has 7 nitrogen and oxygen atoms in total. The molecule has 1 aromatic heterocycles. The molecule has 128 valence electrons. The first-order valence-electron chi connectivity index (χ1n) is 7.71. The second kappa shape index (κ2) is 7.14. The standard InChI is InChI=1S/C16H20N4O3S/c1-16(2)11-20(15(21)18-14-8-17-19-24-14)9-13(23-16)10-22-12-6-4-3-5-7-12/h3-8,13H,9-11H2,1-2H3,(H,18,21)/t13-/m0/s1. The third kappa shape index (κ3) is 4.42. The SMILES string of the molecule is CC1(C)CN(C(=O)Nc2cnns2)C[C@@H](COc2ccccc2)O1. The normalized spacial score (nSPS) is 19.8. The minimum absolute atomic E-state index is 0.179. The molecule has 0 bridgehead atoms. The van der Waals surface area contributed by atoms with E-state index in [2.05, 4.69) is 14.9 Å². The van der Waals surface area contributed by atoms with E-state index in [9.17, 15) is 4.79 Å². The largest absolute Gasteiger partial charge is 0.491 e. The van der Waals surface area contributed by atoms with Gasteiger partial charge in [0.25, 0.3) is 0 Å². The van der Waals surface area contributed by atoms with E-state index in [1.165, 1.54) is 6.20 Å². The van der Waals surface area contributed by atoms with Crippen LogP contribution < -0.4 is 10.1 Å². The fourth-order valence-corrected chi connectivity index (χ4v) is 3.06. The molecule has 1 atom stereocenters. The second-order valence-corrected chi connectivity index (χ2v) is 7.00. The fraction of sp³-hybridized carbons (Fsp3) is 0.438. The molecule has 1 N–H and O–H groups in total. The molecule has 1 saturated heterocycles. The van der Waals surface area contributed by atoms with E-state index in [0.717, 1.165) is 17.3 Å². The zero-order valence-electron chi connectivity index (χ0n) is 13.6. The highest BCUT2D eigenvalue weighted by molar-refractivity contribution is 7.10. The molecular formula is C16H20N4O3S. The number of carbonyl (C=O) groups excluding carboxylic acids is 1. The molecular weight excluding hydrogens is 328 g/mol. The van der Waals surface area contributed by atoms with Crippen molar-refractivity contribution in [2.45, 2.75) is 25.6 Å². The van der Waals surface area contributed by atoms with Gasteiger partial charge in [0.05, 0.1) is 24.9 Å². The van der Waals surface area contributed by atoms with Crippen LogP contribution in [0.4, 0.5) is 9.80 Å². The zero-order valence-corrected chi connectivity index (χ0v) is 14.5.